The van der Waals surface area contributed by atoms with Crippen LogP contribution in [-0.4, -0.2) is 9.78 Å². The third-order valence-corrected chi connectivity index (χ3v) is 4.52. The molecule has 0 bridgehead atoms. The van der Waals surface area contributed by atoms with Crippen molar-refractivity contribution in [1.29, 1.82) is 0 Å². The first-order valence-corrected chi connectivity index (χ1v) is 7.42. The van der Waals surface area contributed by atoms with E-state index in [4.69, 9.17) is 11.6 Å². The standard InChI is InChI=1S/C14H17BrClN3/c1-4-19-13(14(16)10(3)18-19)8-17-12-7-5-6-11(15)9(12)2/h5-7,17H,4,8H2,1-3H3. The van der Waals surface area contributed by atoms with Crippen molar-refractivity contribution in [3.63, 3.8) is 0 Å². The van der Waals surface area contributed by atoms with Crippen molar-refractivity contribution < 1.29 is 0 Å². The fourth-order valence-electron chi connectivity index (χ4n) is 2.02. The van der Waals surface area contributed by atoms with Crippen LogP contribution in [0.3, 0.4) is 0 Å². The average molecular weight is 343 g/mol. The molecule has 0 fully saturated rings. The zero-order valence-corrected chi connectivity index (χ0v) is 13.6. The highest BCUT2D eigenvalue weighted by Crippen LogP contribution is 2.26. The van der Waals surface area contributed by atoms with Gasteiger partial charge in [0, 0.05) is 16.7 Å². The second-order valence-corrected chi connectivity index (χ2v) is 5.66. The summed E-state index contributed by atoms with van der Waals surface area (Å²) in [6.07, 6.45) is 0. The zero-order valence-electron chi connectivity index (χ0n) is 11.3. The van der Waals surface area contributed by atoms with Crippen LogP contribution in [0.4, 0.5) is 5.69 Å². The third-order valence-electron chi connectivity index (χ3n) is 3.17. The Labute approximate surface area is 127 Å². The van der Waals surface area contributed by atoms with Gasteiger partial charge in [-0.1, -0.05) is 33.6 Å². The molecule has 1 N–H and O–H groups in total. The van der Waals surface area contributed by atoms with Crippen LogP contribution in [0.2, 0.25) is 5.02 Å². The monoisotopic (exact) mass is 341 g/mol. The van der Waals surface area contributed by atoms with E-state index in [1.54, 1.807) is 0 Å². The topological polar surface area (TPSA) is 29.9 Å². The lowest BCUT2D eigenvalue weighted by Crippen LogP contribution is -2.09. The van der Waals surface area contributed by atoms with Gasteiger partial charge in [0.05, 0.1) is 23.0 Å². The Morgan fingerprint density at radius 3 is 2.79 bits per heavy atom. The van der Waals surface area contributed by atoms with Crippen molar-refractivity contribution in [2.75, 3.05) is 5.32 Å². The summed E-state index contributed by atoms with van der Waals surface area (Å²) in [6, 6.07) is 6.12. The number of aromatic nitrogens is 2. The van der Waals surface area contributed by atoms with Crippen LogP contribution in [0.5, 0.6) is 0 Å². The number of halogens is 2. The molecule has 0 amide bonds. The molecule has 0 saturated heterocycles. The van der Waals surface area contributed by atoms with Crippen LogP contribution in [0.1, 0.15) is 23.9 Å². The van der Waals surface area contributed by atoms with Gasteiger partial charge in [-0.3, -0.25) is 4.68 Å². The SMILES string of the molecule is CCn1nc(C)c(Cl)c1CNc1cccc(Br)c1C. The van der Waals surface area contributed by atoms with Gasteiger partial charge in [0.15, 0.2) is 0 Å². The van der Waals surface area contributed by atoms with Crippen molar-refractivity contribution in [2.24, 2.45) is 0 Å². The first kappa shape index (κ1) is 14.4. The van der Waals surface area contributed by atoms with Gasteiger partial charge >= 0.3 is 0 Å². The predicted molar refractivity (Wildman–Crippen MR) is 83.9 cm³/mol. The molecule has 0 radical (unpaired) electrons. The van der Waals surface area contributed by atoms with Gasteiger partial charge in [-0.05, 0) is 38.5 Å². The number of hydrogen-bond acceptors (Lipinski definition) is 2. The number of nitrogens with one attached hydrogen (secondary N) is 1. The van der Waals surface area contributed by atoms with Crippen molar-refractivity contribution in [2.45, 2.75) is 33.9 Å². The highest BCUT2D eigenvalue weighted by molar-refractivity contribution is 9.10. The minimum atomic E-state index is 0.671. The summed E-state index contributed by atoms with van der Waals surface area (Å²) in [6.45, 7) is 7.57. The van der Waals surface area contributed by atoms with Gasteiger partial charge in [-0.2, -0.15) is 5.10 Å². The van der Waals surface area contributed by atoms with Crippen LogP contribution in [0.25, 0.3) is 0 Å². The van der Waals surface area contributed by atoms with Crippen LogP contribution in [0, 0.1) is 13.8 Å². The lowest BCUT2D eigenvalue weighted by Gasteiger charge is -2.12. The quantitative estimate of drug-likeness (QED) is 0.883. The first-order valence-electron chi connectivity index (χ1n) is 6.25. The Hall–Kier alpha value is -1.000. The minimum absolute atomic E-state index is 0.671. The summed E-state index contributed by atoms with van der Waals surface area (Å²) in [7, 11) is 0. The van der Waals surface area contributed by atoms with Crippen LogP contribution in [0.15, 0.2) is 22.7 Å². The molecule has 0 spiro atoms. The van der Waals surface area contributed by atoms with Gasteiger partial charge in [0.2, 0.25) is 0 Å². The van der Waals surface area contributed by atoms with Gasteiger partial charge in [0.25, 0.3) is 0 Å². The maximum absolute atomic E-state index is 6.30. The summed E-state index contributed by atoms with van der Waals surface area (Å²) < 4.78 is 3.04. The van der Waals surface area contributed by atoms with Crippen LogP contribution in [-0.2, 0) is 13.1 Å². The molecule has 0 saturated carbocycles. The molecule has 0 atom stereocenters. The molecule has 0 aliphatic rings. The lowest BCUT2D eigenvalue weighted by atomic mass is 10.2. The predicted octanol–water partition coefficient (Wildman–Crippen LogP) is 4.55. The number of hydrogen-bond donors (Lipinski definition) is 1. The molecule has 0 unspecified atom stereocenters. The van der Waals surface area contributed by atoms with E-state index in [0.717, 1.165) is 33.1 Å². The second-order valence-electron chi connectivity index (χ2n) is 4.43. The Kier molecular flexibility index (Phi) is 4.53. The molecule has 19 heavy (non-hydrogen) atoms. The molecular formula is C14H17BrClN3. The fourth-order valence-corrected chi connectivity index (χ4v) is 2.58. The van der Waals surface area contributed by atoms with Gasteiger partial charge in [-0.15, -0.1) is 0 Å². The van der Waals surface area contributed by atoms with E-state index in [1.165, 1.54) is 5.56 Å². The number of rotatable bonds is 4. The highest BCUT2D eigenvalue weighted by Gasteiger charge is 2.12. The van der Waals surface area contributed by atoms with E-state index in [9.17, 15) is 0 Å². The Balaban J connectivity index is 2.21. The number of aryl methyl sites for hydroxylation is 2. The van der Waals surface area contributed by atoms with E-state index >= 15 is 0 Å². The molecule has 1 aromatic carbocycles. The number of nitrogens with zero attached hydrogens (tertiary/aromatic N) is 2. The molecule has 1 aromatic heterocycles. The Morgan fingerprint density at radius 1 is 1.37 bits per heavy atom. The van der Waals surface area contributed by atoms with E-state index in [0.29, 0.717) is 6.54 Å². The molecule has 3 nitrogen and oxygen atoms in total. The zero-order chi connectivity index (χ0) is 14.0. The third kappa shape index (κ3) is 2.95. The molecular weight excluding hydrogens is 326 g/mol. The maximum Gasteiger partial charge on any atom is 0.0865 e. The molecule has 102 valence electrons. The minimum Gasteiger partial charge on any atom is -0.379 e. The van der Waals surface area contributed by atoms with Crippen molar-refractivity contribution in [3.05, 3.63) is 44.6 Å². The second kappa shape index (κ2) is 5.97. The fraction of sp³-hybridized carbons (Fsp3) is 0.357. The maximum atomic E-state index is 6.30. The normalized spacial score (nSPS) is 10.8. The summed E-state index contributed by atoms with van der Waals surface area (Å²) >= 11 is 9.83. The first-order chi connectivity index (χ1) is 9.04. The van der Waals surface area contributed by atoms with E-state index in [-0.39, 0.29) is 0 Å². The molecule has 2 aromatic rings. The van der Waals surface area contributed by atoms with E-state index in [2.05, 4.69) is 46.3 Å². The highest BCUT2D eigenvalue weighted by atomic mass is 79.9. The van der Waals surface area contributed by atoms with Gasteiger partial charge < -0.3 is 5.32 Å². The molecule has 0 aliphatic heterocycles. The molecule has 5 heteroatoms. The summed E-state index contributed by atoms with van der Waals surface area (Å²) in [5, 5.41) is 8.59. The van der Waals surface area contributed by atoms with E-state index < -0.39 is 0 Å². The molecule has 1 heterocycles. The van der Waals surface area contributed by atoms with Crippen molar-refractivity contribution in [3.8, 4) is 0 Å². The molecule has 0 aliphatic carbocycles. The van der Waals surface area contributed by atoms with Gasteiger partial charge in [0.1, 0.15) is 0 Å². The number of benzene rings is 1. The average Bonchev–Trinajstić information content (AvgIpc) is 2.67. The van der Waals surface area contributed by atoms with Crippen molar-refractivity contribution in [1.82, 2.24) is 9.78 Å². The van der Waals surface area contributed by atoms with Crippen LogP contribution >= 0.6 is 27.5 Å². The number of anilines is 1. The van der Waals surface area contributed by atoms with Crippen molar-refractivity contribution >= 4 is 33.2 Å². The Morgan fingerprint density at radius 2 is 2.11 bits per heavy atom. The molecule has 2 rings (SSSR count). The van der Waals surface area contributed by atoms with E-state index in [1.807, 2.05) is 23.7 Å². The van der Waals surface area contributed by atoms with Crippen LogP contribution < -0.4 is 5.32 Å². The largest absolute Gasteiger partial charge is 0.379 e. The lowest BCUT2D eigenvalue weighted by molar-refractivity contribution is 0.623. The summed E-state index contributed by atoms with van der Waals surface area (Å²) in [5.74, 6) is 0. The summed E-state index contributed by atoms with van der Waals surface area (Å²) in [4.78, 5) is 0. The van der Waals surface area contributed by atoms with Gasteiger partial charge in [-0.25, -0.2) is 0 Å². The Bertz CT molecular complexity index is 593. The summed E-state index contributed by atoms with van der Waals surface area (Å²) in [5.41, 5.74) is 4.21. The smallest absolute Gasteiger partial charge is 0.0865 e.